The summed E-state index contributed by atoms with van der Waals surface area (Å²) in [5.41, 5.74) is 5.92. The molecule has 1 saturated heterocycles. The van der Waals surface area contributed by atoms with E-state index in [4.69, 9.17) is 5.73 Å². The van der Waals surface area contributed by atoms with E-state index in [1.165, 1.54) is 0 Å². The van der Waals surface area contributed by atoms with Crippen molar-refractivity contribution in [2.75, 3.05) is 20.6 Å². The molecule has 18 heavy (non-hydrogen) atoms. The molecule has 1 fully saturated rings. The second-order valence-electron chi connectivity index (χ2n) is 5.66. The molecular formula is C13H25N3O2. The van der Waals surface area contributed by atoms with Crippen molar-refractivity contribution < 1.29 is 9.59 Å². The van der Waals surface area contributed by atoms with Gasteiger partial charge in [0.2, 0.25) is 11.8 Å². The van der Waals surface area contributed by atoms with Gasteiger partial charge < -0.3 is 15.5 Å². The van der Waals surface area contributed by atoms with Crippen LogP contribution in [-0.2, 0) is 9.59 Å². The second kappa shape index (κ2) is 6.18. The zero-order chi connectivity index (χ0) is 13.9. The Hall–Kier alpha value is -1.10. The van der Waals surface area contributed by atoms with Crippen molar-refractivity contribution in [1.82, 2.24) is 9.80 Å². The lowest BCUT2D eigenvalue weighted by atomic mass is 10.0. The van der Waals surface area contributed by atoms with E-state index in [9.17, 15) is 9.59 Å². The predicted molar refractivity (Wildman–Crippen MR) is 70.9 cm³/mol. The molecule has 5 heteroatoms. The topological polar surface area (TPSA) is 66.6 Å². The van der Waals surface area contributed by atoms with E-state index < -0.39 is 6.04 Å². The third kappa shape index (κ3) is 3.45. The average Bonchev–Trinajstić information content (AvgIpc) is 2.74. The summed E-state index contributed by atoms with van der Waals surface area (Å²) in [4.78, 5) is 27.5. The molecule has 1 aliphatic heterocycles. The van der Waals surface area contributed by atoms with Gasteiger partial charge in [-0.25, -0.2) is 0 Å². The largest absolute Gasteiger partial charge is 0.347 e. The Morgan fingerprint density at radius 3 is 2.50 bits per heavy atom. The molecule has 104 valence electrons. The summed E-state index contributed by atoms with van der Waals surface area (Å²) in [7, 11) is 3.44. The summed E-state index contributed by atoms with van der Waals surface area (Å²) < 4.78 is 0. The van der Waals surface area contributed by atoms with Crippen LogP contribution in [-0.4, -0.2) is 54.3 Å². The Morgan fingerprint density at radius 1 is 1.39 bits per heavy atom. The van der Waals surface area contributed by atoms with Gasteiger partial charge in [-0.1, -0.05) is 13.8 Å². The molecule has 2 atom stereocenters. The molecule has 0 bridgehead atoms. The van der Waals surface area contributed by atoms with Crippen LogP contribution in [0.3, 0.4) is 0 Å². The van der Waals surface area contributed by atoms with Crippen LogP contribution in [0.2, 0.25) is 0 Å². The minimum Gasteiger partial charge on any atom is -0.347 e. The number of amides is 2. The summed E-state index contributed by atoms with van der Waals surface area (Å²) >= 11 is 0. The summed E-state index contributed by atoms with van der Waals surface area (Å²) in [6.45, 7) is 4.73. The molecule has 0 aromatic carbocycles. The maximum Gasteiger partial charge on any atom is 0.244 e. The number of rotatable bonds is 4. The maximum absolute atomic E-state index is 12.2. The van der Waals surface area contributed by atoms with Gasteiger partial charge in [0.25, 0.3) is 0 Å². The fraction of sp³-hybridized carbons (Fsp3) is 0.846. The average molecular weight is 255 g/mol. The summed E-state index contributed by atoms with van der Waals surface area (Å²) in [6, 6.07) is -0.800. The van der Waals surface area contributed by atoms with Crippen LogP contribution in [0, 0.1) is 5.92 Å². The van der Waals surface area contributed by atoms with Crippen LogP contribution < -0.4 is 5.73 Å². The number of carbonyl (C=O) groups is 2. The smallest absolute Gasteiger partial charge is 0.244 e. The first-order chi connectivity index (χ1) is 8.34. The lowest BCUT2D eigenvalue weighted by Gasteiger charge is -2.28. The quantitative estimate of drug-likeness (QED) is 0.792. The summed E-state index contributed by atoms with van der Waals surface area (Å²) in [5.74, 6) is 0.300. The van der Waals surface area contributed by atoms with Gasteiger partial charge in [0.15, 0.2) is 0 Å². The SMILES string of the molecule is CC(C)C[C@H](N)C(=O)N1CCCC1C(=O)N(C)C. The highest BCUT2D eigenvalue weighted by Gasteiger charge is 2.36. The van der Waals surface area contributed by atoms with Crippen LogP contribution in [0.5, 0.6) is 0 Å². The monoisotopic (exact) mass is 255 g/mol. The van der Waals surface area contributed by atoms with Crippen LogP contribution in [0.25, 0.3) is 0 Å². The third-order valence-corrected chi connectivity index (χ3v) is 3.30. The highest BCUT2D eigenvalue weighted by Crippen LogP contribution is 2.20. The molecule has 1 aliphatic rings. The lowest BCUT2D eigenvalue weighted by molar-refractivity contribution is -0.143. The molecule has 1 unspecified atom stereocenters. The molecule has 0 aromatic rings. The minimum absolute atomic E-state index is 0.00223. The van der Waals surface area contributed by atoms with E-state index in [-0.39, 0.29) is 17.9 Å². The van der Waals surface area contributed by atoms with E-state index in [1.54, 1.807) is 23.9 Å². The molecule has 0 aromatic heterocycles. The Labute approximate surface area is 109 Å². The van der Waals surface area contributed by atoms with E-state index in [2.05, 4.69) is 0 Å². The van der Waals surface area contributed by atoms with E-state index in [0.717, 1.165) is 12.8 Å². The van der Waals surface area contributed by atoms with E-state index in [0.29, 0.717) is 18.9 Å². The van der Waals surface area contributed by atoms with E-state index in [1.807, 2.05) is 13.8 Å². The van der Waals surface area contributed by atoms with Crippen molar-refractivity contribution in [3.05, 3.63) is 0 Å². The zero-order valence-electron chi connectivity index (χ0n) is 11.8. The molecule has 2 N–H and O–H groups in total. The number of nitrogens with two attached hydrogens (primary N) is 1. The molecule has 0 aliphatic carbocycles. The van der Waals surface area contributed by atoms with Gasteiger partial charge in [-0.3, -0.25) is 9.59 Å². The molecule has 1 rings (SSSR count). The fourth-order valence-corrected chi connectivity index (χ4v) is 2.41. The number of hydrogen-bond acceptors (Lipinski definition) is 3. The number of hydrogen-bond donors (Lipinski definition) is 1. The van der Waals surface area contributed by atoms with Crippen molar-refractivity contribution in [2.24, 2.45) is 11.7 Å². The van der Waals surface area contributed by atoms with Crippen LogP contribution >= 0.6 is 0 Å². The Morgan fingerprint density at radius 2 is 2.00 bits per heavy atom. The number of nitrogens with zero attached hydrogens (tertiary/aromatic N) is 2. The van der Waals surface area contributed by atoms with Crippen LogP contribution in [0.4, 0.5) is 0 Å². The lowest BCUT2D eigenvalue weighted by Crippen LogP contribution is -2.51. The van der Waals surface area contributed by atoms with E-state index >= 15 is 0 Å². The molecule has 5 nitrogen and oxygen atoms in total. The molecule has 0 saturated carbocycles. The molecule has 2 amide bonds. The molecule has 1 heterocycles. The first kappa shape index (κ1) is 15.0. The van der Waals surface area contributed by atoms with Gasteiger partial charge in [0.1, 0.15) is 6.04 Å². The standard InChI is InChI=1S/C13H25N3O2/c1-9(2)8-10(14)12(17)16-7-5-6-11(16)13(18)15(3)4/h9-11H,5-8,14H2,1-4H3/t10-,11?/m0/s1. The number of likely N-dealkylation sites (tertiary alicyclic amines) is 1. The highest BCUT2D eigenvalue weighted by atomic mass is 16.2. The van der Waals surface area contributed by atoms with Crippen LogP contribution in [0.15, 0.2) is 0 Å². The highest BCUT2D eigenvalue weighted by molar-refractivity contribution is 5.90. The molecule has 0 spiro atoms. The Kier molecular flexibility index (Phi) is 5.14. The number of likely N-dealkylation sites (N-methyl/N-ethyl adjacent to an activating group) is 1. The zero-order valence-corrected chi connectivity index (χ0v) is 11.8. The van der Waals surface area contributed by atoms with Gasteiger partial charge in [0.05, 0.1) is 6.04 Å². The van der Waals surface area contributed by atoms with Crippen molar-refractivity contribution in [3.8, 4) is 0 Å². The minimum atomic E-state index is -0.486. The van der Waals surface area contributed by atoms with Gasteiger partial charge in [-0.05, 0) is 25.2 Å². The normalized spacial score (nSPS) is 21.2. The van der Waals surface area contributed by atoms with Gasteiger partial charge in [-0.2, -0.15) is 0 Å². The van der Waals surface area contributed by atoms with Crippen molar-refractivity contribution in [3.63, 3.8) is 0 Å². The first-order valence-corrected chi connectivity index (χ1v) is 6.61. The molecular weight excluding hydrogens is 230 g/mol. The number of carbonyl (C=O) groups excluding carboxylic acids is 2. The first-order valence-electron chi connectivity index (χ1n) is 6.61. The molecule has 0 radical (unpaired) electrons. The van der Waals surface area contributed by atoms with Gasteiger partial charge in [0, 0.05) is 20.6 Å². The van der Waals surface area contributed by atoms with Gasteiger partial charge in [-0.15, -0.1) is 0 Å². The van der Waals surface area contributed by atoms with Crippen molar-refractivity contribution in [2.45, 2.75) is 45.2 Å². The summed E-state index contributed by atoms with van der Waals surface area (Å²) in [6.07, 6.45) is 2.29. The fourth-order valence-electron chi connectivity index (χ4n) is 2.41. The van der Waals surface area contributed by atoms with Gasteiger partial charge >= 0.3 is 0 Å². The van der Waals surface area contributed by atoms with Crippen molar-refractivity contribution >= 4 is 11.8 Å². The maximum atomic E-state index is 12.2. The second-order valence-corrected chi connectivity index (χ2v) is 5.66. The Balaban J connectivity index is 2.69. The Bertz CT molecular complexity index is 315. The summed E-state index contributed by atoms with van der Waals surface area (Å²) in [5, 5.41) is 0. The predicted octanol–water partition coefficient (Wildman–Crippen LogP) is 0.439. The third-order valence-electron chi connectivity index (χ3n) is 3.30. The van der Waals surface area contributed by atoms with Crippen molar-refractivity contribution in [1.29, 1.82) is 0 Å². The van der Waals surface area contributed by atoms with Crippen LogP contribution in [0.1, 0.15) is 33.1 Å².